The summed E-state index contributed by atoms with van der Waals surface area (Å²) in [6.07, 6.45) is 1.60. The second-order valence-corrected chi connectivity index (χ2v) is 5.74. The highest BCUT2D eigenvalue weighted by molar-refractivity contribution is 6.30. The summed E-state index contributed by atoms with van der Waals surface area (Å²) < 4.78 is 6.97. The van der Waals surface area contributed by atoms with E-state index in [1.54, 1.807) is 25.3 Å². The number of aryl methyl sites for hydroxylation is 1. The fourth-order valence-electron chi connectivity index (χ4n) is 1.70. The lowest BCUT2D eigenvalue weighted by Crippen LogP contribution is -2.38. The minimum absolute atomic E-state index is 0.208. The van der Waals surface area contributed by atoms with Crippen LogP contribution in [-0.4, -0.2) is 39.5 Å². The van der Waals surface area contributed by atoms with Crippen LogP contribution in [0.15, 0.2) is 6.33 Å². The van der Waals surface area contributed by atoms with E-state index in [-0.39, 0.29) is 5.15 Å². The minimum atomic E-state index is -0.834. The van der Waals surface area contributed by atoms with Gasteiger partial charge in [-0.25, -0.2) is 9.78 Å². The summed E-state index contributed by atoms with van der Waals surface area (Å²) in [6, 6.07) is -0.834. The Morgan fingerprint density at radius 3 is 2.65 bits per heavy atom. The largest absolute Gasteiger partial charge is 0.444 e. The van der Waals surface area contributed by atoms with Crippen molar-refractivity contribution in [3.63, 3.8) is 0 Å². The van der Waals surface area contributed by atoms with Crippen LogP contribution in [0.2, 0.25) is 5.15 Å². The molecule has 0 aliphatic heterocycles. The third kappa shape index (κ3) is 3.72. The Hall–Kier alpha value is -1.56. The maximum absolute atomic E-state index is 12.0. The quantitative estimate of drug-likeness (QED) is 0.802. The van der Waals surface area contributed by atoms with Crippen LogP contribution in [0.1, 0.15) is 39.4 Å². The third-order valence-electron chi connectivity index (χ3n) is 2.68. The van der Waals surface area contributed by atoms with E-state index in [1.807, 2.05) is 6.92 Å². The van der Waals surface area contributed by atoms with Crippen LogP contribution in [0.25, 0.3) is 0 Å². The summed E-state index contributed by atoms with van der Waals surface area (Å²) in [5.41, 5.74) is -0.148. The van der Waals surface area contributed by atoms with Crippen molar-refractivity contribution in [2.75, 3.05) is 7.05 Å². The Bertz CT molecular complexity index is 494. The smallest absolute Gasteiger partial charge is 0.410 e. The van der Waals surface area contributed by atoms with Crippen LogP contribution in [0.5, 0.6) is 0 Å². The fourth-order valence-corrected chi connectivity index (χ4v) is 1.96. The molecular weight excluding hydrogens is 282 g/mol. The molecular formula is C13H20ClN3O3. The lowest BCUT2D eigenvalue weighted by atomic mass is 10.2. The SMILES string of the molecule is CCn1cnc(Cl)c1C(C=O)N(C)C(=O)OC(C)(C)C. The van der Waals surface area contributed by atoms with Gasteiger partial charge in [0.1, 0.15) is 17.9 Å². The van der Waals surface area contributed by atoms with Crippen molar-refractivity contribution in [2.45, 2.75) is 45.9 Å². The van der Waals surface area contributed by atoms with E-state index < -0.39 is 17.7 Å². The van der Waals surface area contributed by atoms with E-state index >= 15 is 0 Å². The number of halogens is 1. The third-order valence-corrected chi connectivity index (χ3v) is 2.97. The lowest BCUT2D eigenvalue weighted by molar-refractivity contribution is -0.112. The Balaban J connectivity index is 3.04. The van der Waals surface area contributed by atoms with Crippen molar-refractivity contribution >= 4 is 24.0 Å². The van der Waals surface area contributed by atoms with E-state index in [4.69, 9.17) is 16.3 Å². The monoisotopic (exact) mass is 301 g/mol. The number of likely N-dealkylation sites (N-methyl/N-ethyl adjacent to an activating group) is 1. The van der Waals surface area contributed by atoms with E-state index in [1.165, 1.54) is 18.3 Å². The number of aldehydes is 1. The molecule has 0 aliphatic carbocycles. The number of hydrogen-bond acceptors (Lipinski definition) is 4. The molecule has 0 aliphatic rings. The maximum atomic E-state index is 12.0. The first-order valence-electron chi connectivity index (χ1n) is 6.33. The van der Waals surface area contributed by atoms with Gasteiger partial charge in [-0.15, -0.1) is 0 Å². The molecule has 0 saturated carbocycles. The van der Waals surface area contributed by atoms with Gasteiger partial charge < -0.3 is 14.1 Å². The standard InChI is InChI=1S/C13H20ClN3O3/c1-6-17-8-15-11(14)10(17)9(7-18)16(5)12(19)20-13(2,3)4/h7-9H,6H2,1-5H3. The van der Waals surface area contributed by atoms with Crippen molar-refractivity contribution in [3.05, 3.63) is 17.2 Å². The first-order chi connectivity index (χ1) is 9.21. The molecule has 7 heteroatoms. The predicted octanol–water partition coefficient (Wildman–Crippen LogP) is 2.66. The molecule has 1 atom stereocenters. The van der Waals surface area contributed by atoms with Gasteiger partial charge in [-0.3, -0.25) is 4.90 Å². The Kier molecular flexibility index (Phi) is 5.16. The average Bonchev–Trinajstić information content (AvgIpc) is 2.70. The summed E-state index contributed by atoms with van der Waals surface area (Å²) in [5.74, 6) is 0. The van der Waals surface area contributed by atoms with Crippen molar-refractivity contribution in [1.82, 2.24) is 14.5 Å². The molecule has 0 radical (unpaired) electrons. The van der Waals surface area contributed by atoms with Crippen molar-refractivity contribution < 1.29 is 14.3 Å². The van der Waals surface area contributed by atoms with Crippen LogP contribution in [0.4, 0.5) is 4.79 Å². The molecule has 6 nitrogen and oxygen atoms in total. The zero-order valence-electron chi connectivity index (χ0n) is 12.4. The van der Waals surface area contributed by atoms with Gasteiger partial charge >= 0.3 is 6.09 Å². The average molecular weight is 302 g/mol. The molecule has 0 fully saturated rings. The first kappa shape index (κ1) is 16.5. The van der Waals surface area contributed by atoms with Gasteiger partial charge in [-0.1, -0.05) is 11.6 Å². The number of rotatable bonds is 4. The molecule has 1 aromatic heterocycles. The Morgan fingerprint density at radius 2 is 2.20 bits per heavy atom. The molecule has 0 saturated heterocycles. The molecule has 1 rings (SSSR count). The van der Waals surface area contributed by atoms with Crippen LogP contribution in [0.3, 0.4) is 0 Å². The summed E-state index contributed by atoms with van der Waals surface area (Å²) >= 11 is 6.01. The number of carbonyl (C=O) groups excluding carboxylic acids is 2. The molecule has 1 unspecified atom stereocenters. The topological polar surface area (TPSA) is 64.4 Å². The Labute approximate surface area is 123 Å². The highest BCUT2D eigenvalue weighted by Crippen LogP contribution is 2.26. The van der Waals surface area contributed by atoms with E-state index in [2.05, 4.69) is 4.98 Å². The number of hydrogen-bond donors (Lipinski definition) is 0. The van der Waals surface area contributed by atoms with Crippen molar-refractivity contribution in [3.8, 4) is 0 Å². The van der Waals surface area contributed by atoms with Crippen molar-refractivity contribution in [2.24, 2.45) is 0 Å². The molecule has 0 bridgehead atoms. The van der Waals surface area contributed by atoms with Crippen LogP contribution in [0, 0.1) is 0 Å². The van der Waals surface area contributed by atoms with E-state index in [9.17, 15) is 9.59 Å². The highest BCUT2D eigenvalue weighted by atomic mass is 35.5. The van der Waals surface area contributed by atoms with Gasteiger partial charge in [0.05, 0.1) is 12.0 Å². The molecule has 0 spiro atoms. The second kappa shape index (κ2) is 6.26. The van der Waals surface area contributed by atoms with Gasteiger partial charge in [0.2, 0.25) is 0 Å². The maximum Gasteiger partial charge on any atom is 0.410 e. The number of nitrogens with zero attached hydrogens (tertiary/aromatic N) is 3. The zero-order chi connectivity index (χ0) is 15.5. The molecule has 1 heterocycles. The normalized spacial score (nSPS) is 12.9. The minimum Gasteiger partial charge on any atom is -0.444 e. The van der Waals surface area contributed by atoms with Gasteiger partial charge in [0.25, 0.3) is 0 Å². The zero-order valence-corrected chi connectivity index (χ0v) is 13.1. The molecule has 1 amide bonds. The summed E-state index contributed by atoms with van der Waals surface area (Å²) in [7, 11) is 1.50. The van der Waals surface area contributed by atoms with Crippen LogP contribution >= 0.6 is 11.6 Å². The molecule has 112 valence electrons. The number of ether oxygens (including phenoxy) is 1. The van der Waals surface area contributed by atoms with Gasteiger partial charge in [0.15, 0.2) is 5.15 Å². The van der Waals surface area contributed by atoms with Crippen LogP contribution in [-0.2, 0) is 16.1 Å². The van der Waals surface area contributed by atoms with Gasteiger partial charge in [-0.2, -0.15) is 0 Å². The second-order valence-electron chi connectivity index (χ2n) is 5.38. The van der Waals surface area contributed by atoms with Gasteiger partial charge in [-0.05, 0) is 27.7 Å². The molecule has 1 aromatic rings. The predicted molar refractivity (Wildman–Crippen MR) is 75.7 cm³/mol. The molecule has 20 heavy (non-hydrogen) atoms. The van der Waals surface area contributed by atoms with E-state index in [0.717, 1.165) is 0 Å². The first-order valence-corrected chi connectivity index (χ1v) is 6.70. The number of imidazole rings is 1. The fraction of sp³-hybridized carbons (Fsp3) is 0.615. The van der Waals surface area contributed by atoms with E-state index in [0.29, 0.717) is 18.5 Å². The van der Waals surface area contributed by atoms with Crippen LogP contribution < -0.4 is 0 Å². The summed E-state index contributed by atoms with van der Waals surface area (Å²) in [5, 5.41) is 0.208. The van der Waals surface area contributed by atoms with Gasteiger partial charge in [0, 0.05) is 13.6 Å². The molecule has 0 N–H and O–H groups in total. The highest BCUT2D eigenvalue weighted by Gasteiger charge is 2.30. The number of aromatic nitrogens is 2. The number of carbonyl (C=O) groups is 2. The lowest BCUT2D eigenvalue weighted by Gasteiger charge is -2.28. The summed E-state index contributed by atoms with van der Waals surface area (Å²) in [4.78, 5) is 28.6. The Morgan fingerprint density at radius 1 is 1.60 bits per heavy atom. The van der Waals surface area contributed by atoms with Crippen molar-refractivity contribution in [1.29, 1.82) is 0 Å². The number of amides is 1. The summed E-state index contributed by atoms with van der Waals surface area (Å²) in [6.45, 7) is 7.78. The molecule has 0 aromatic carbocycles.